The summed E-state index contributed by atoms with van der Waals surface area (Å²) in [6, 6.07) is 14.6. The van der Waals surface area contributed by atoms with Gasteiger partial charge >= 0.3 is 0 Å². The van der Waals surface area contributed by atoms with Crippen molar-refractivity contribution in [2.24, 2.45) is 0 Å². The number of benzene rings is 2. The fraction of sp³-hybridized carbons (Fsp3) is 0.143. The van der Waals surface area contributed by atoms with Gasteiger partial charge in [0, 0.05) is 30.1 Å². The standard InChI is InChI=1S/C21H21N5O2/c1-13-4-9-18(14(2)10-13)26-21(28)19-11-20(23-12-22-19)25-17-7-5-16(6-8-17)24-15(3)27/h4-12H,1-3H3,(H,24,27)(H,26,28)(H,22,23,25). The van der Waals surface area contributed by atoms with E-state index >= 15 is 0 Å². The Hall–Kier alpha value is -3.74. The first-order valence-corrected chi connectivity index (χ1v) is 8.76. The minimum atomic E-state index is -0.307. The number of carbonyl (C=O) groups excluding carboxylic acids is 2. The molecule has 142 valence electrons. The van der Waals surface area contributed by atoms with Crippen LogP contribution in [-0.4, -0.2) is 21.8 Å². The Balaban J connectivity index is 1.71. The van der Waals surface area contributed by atoms with Crippen LogP contribution in [0.15, 0.2) is 54.9 Å². The molecule has 1 heterocycles. The molecule has 0 fully saturated rings. The average Bonchev–Trinajstić information content (AvgIpc) is 2.65. The molecule has 2 aromatic carbocycles. The zero-order chi connectivity index (χ0) is 20.1. The molecule has 28 heavy (non-hydrogen) atoms. The lowest BCUT2D eigenvalue weighted by Crippen LogP contribution is -2.15. The van der Waals surface area contributed by atoms with Crippen molar-refractivity contribution in [1.82, 2.24) is 9.97 Å². The normalized spacial score (nSPS) is 10.2. The van der Waals surface area contributed by atoms with Gasteiger partial charge in [-0.2, -0.15) is 0 Å². The van der Waals surface area contributed by atoms with Crippen LogP contribution < -0.4 is 16.0 Å². The Bertz CT molecular complexity index is 1020. The summed E-state index contributed by atoms with van der Waals surface area (Å²) in [5.41, 5.74) is 4.60. The van der Waals surface area contributed by atoms with Gasteiger partial charge in [0.2, 0.25) is 5.91 Å². The summed E-state index contributed by atoms with van der Waals surface area (Å²) in [7, 11) is 0. The number of nitrogens with one attached hydrogen (secondary N) is 3. The molecule has 0 spiro atoms. The lowest BCUT2D eigenvalue weighted by molar-refractivity contribution is -0.114. The Morgan fingerprint density at radius 2 is 1.57 bits per heavy atom. The second-order valence-electron chi connectivity index (χ2n) is 6.44. The van der Waals surface area contributed by atoms with Crippen LogP contribution in [0.1, 0.15) is 28.5 Å². The summed E-state index contributed by atoms with van der Waals surface area (Å²) in [5, 5.41) is 8.70. The fourth-order valence-corrected chi connectivity index (χ4v) is 2.68. The Morgan fingerprint density at radius 1 is 0.857 bits per heavy atom. The molecule has 2 amide bonds. The van der Waals surface area contributed by atoms with E-state index in [1.54, 1.807) is 18.2 Å². The van der Waals surface area contributed by atoms with E-state index in [9.17, 15) is 9.59 Å². The molecule has 3 N–H and O–H groups in total. The highest BCUT2D eigenvalue weighted by Gasteiger charge is 2.11. The topological polar surface area (TPSA) is 96.0 Å². The van der Waals surface area contributed by atoms with Crippen LogP contribution in [0.25, 0.3) is 0 Å². The van der Waals surface area contributed by atoms with E-state index < -0.39 is 0 Å². The number of rotatable bonds is 5. The quantitative estimate of drug-likeness (QED) is 0.625. The van der Waals surface area contributed by atoms with Crippen molar-refractivity contribution in [3.8, 4) is 0 Å². The summed E-state index contributed by atoms with van der Waals surface area (Å²) in [5.74, 6) is 0.0578. The lowest BCUT2D eigenvalue weighted by atomic mass is 10.1. The first-order chi connectivity index (χ1) is 13.4. The molecule has 7 heteroatoms. The summed E-state index contributed by atoms with van der Waals surface area (Å²) in [6.45, 7) is 5.40. The number of carbonyl (C=O) groups is 2. The van der Waals surface area contributed by atoms with E-state index in [-0.39, 0.29) is 17.5 Å². The molecule has 1 aromatic heterocycles. The number of amides is 2. The fourth-order valence-electron chi connectivity index (χ4n) is 2.68. The van der Waals surface area contributed by atoms with Crippen molar-refractivity contribution in [3.05, 3.63) is 71.7 Å². The van der Waals surface area contributed by atoms with Crippen LogP contribution in [-0.2, 0) is 4.79 Å². The highest BCUT2D eigenvalue weighted by atomic mass is 16.2. The minimum Gasteiger partial charge on any atom is -0.340 e. The van der Waals surface area contributed by atoms with Crippen LogP contribution in [0.2, 0.25) is 0 Å². The molecule has 0 saturated heterocycles. The zero-order valence-corrected chi connectivity index (χ0v) is 15.9. The third kappa shape index (κ3) is 4.91. The van der Waals surface area contributed by atoms with Gasteiger partial charge in [-0.05, 0) is 49.7 Å². The number of nitrogens with zero attached hydrogens (tertiary/aromatic N) is 2. The highest BCUT2D eigenvalue weighted by molar-refractivity contribution is 6.03. The molecular formula is C21H21N5O2. The summed E-state index contributed by atoms with van der Waals surface area (Å²) in [4.78, 5) is 31.8. The van der Waals surface area contributed by atoms with E-state index in [4.69, 9.17) is 0 Å². The van der Waals surface area contributed by atoms with E-state index in [0.717, 1.165) is 22.5 Å². The molecule has 3 rings (SSSR count). The van der Waals surface area contributed by atoms with Gasteiger partial charge in [0.15, 0.2) is 0 Å². The molecule has 0 aliphatic rings. The largest absolute Gasteiger partial charge is 0.340 e. The van der Waals surface area contributed by atoms with Gasteiger partial charge in [0.05, 0.1) is 0 Å². The van der Waals surface area contributed by atoms with Crippen molar-refractivity contribution in [2.75, 3.05) is 16.0 Å². The molecule has 0 aliphatic carbocycles. The molecule has 0 saturated carbocycles. The first kappa shape index (κ1) is 19.0. The maximum atomic E-state index is 12.5. The van der Waals surface area contributed by atoms with E-state index in [2.05, 4.69) is 25.9 Å². The van der Waals surface area contributed by atoms with Gasteiger partial charge in [0.25, 0.3) is 5.91 Å². The Kier molecular flexibility index (Phi) is 5.64. The first-order valence-electron chi connectivity index (χ1n) is 8.76. The smallest absolute Gasteiger partial charge is 0.274 e. The third-order valence-electron chi connectivity index (χ3n) is 4.01. The maximum absolute atomic E-state index is 12.5. The van der Waals surface area contributed by atoms with Crippen LogP contribution in [0.5, 0.6) is 0 Å². The minimum absolute atomic E-state index is 0.129. The van der Waals surface area contributed by atoms with E-state index in [1.807, 2.05) is 44.2 Å². The monoisotopic (exact) mass is 375 g/mol. The van der Waals surface area contributed by atoms with Gasteiger partial charge in [-0.25, -0.2) is 9.97 Å². The summed E-state index contributed by atoms with van der Waals surface area (Å²) >= 11 is 0. The maximum Gasteiger partial charge on any atom is 0.274 e. The van der Waals surface area contributed by atoms with Crippen molar-refractivity contribution in [1.29, 1.82) is 0 Å². The number of anilines is 4. The predicted octanol–water partition coefficient (Wildman–Crippen LogP) is 4.05. The number of hydrogen-bond donors (Lipinski definition) is 3. The van der Waals surface area contributed by atoms with Gasteiger partial charge in [-0.3, -0.25) is 9.59 Å². The SMILES string of the molecule is CC(=O)Nc1ccc(Nc2cc(C(=O)Nc3ccc(C)cc3C)ncn2)cc1. The molecule has 0 bridgehead atoms. The Labute approximate surface area is 163 Å². The van der Waals surface area contributed by atoms with Gasteiger partial charge < -0.3 is 16.0 Å². The van der Waals surface area contributed by atoms with Crippen LogP contribution in [0.3, 0.4) is 0 Å². The Morgan fingerprint density at radius 3 is 2.25 bits per heavy atom. The van der Waals surface area contributed by atoms with Crippen molar-refractivity contribution >= 4 is 34.7 Å². The van der Waals surface area contributed by atoms with E-state index in [1.165, 1.54) is 13.3 Å². The number of aryl methyl sites for hydroxylation is 2. The van der Waals surface area contributed by atoms with Crippen LogP contribution in [0, 0.1) is 13.8 Å². The molecule has 7 nitrogen and oxygen atoms in total. The van der Waals surface area contributed by atoms with Crippen LogP contribution in [0.4, 0.5) is 22.9 Å². The summed E-state index contributed by atoms with van der Waals surface area (Å²) in [6.07, 6.45) is 1.34. The number of hydrogen-bond acceptors (Lipinski definition) is 5. The van der Waals surface area contributed by atoms with Gasteiger partial charge in [-0.1, -0.05) is 17.7 Å². The molecule has 3 aromatic rings. The number of aromatic nitrogens is 2. The van der Waals surface area contributed by atoms with Gasteiger partial charge in [0.1, 0.15) is 17.8 Å². The molecule has 0 unspecified atom stereocenters. The van der Waals surface area contributed by atoms with E-state index in [0.29, 0.717) is 11.5 Å². The van der Waals surface area contributed by atoms with Crippen molar-refractivity contribution in [2.45, 2.75) is 20.8 Å². The average molecular weight is 375 g/mol. The van der Waals surface area contributed by atoms with Crippen molar-refractivity contribution < 1.29 is 9.59 Å². The third-order valence-corrected chi connectivity index (χ3v) is 4.01. The molecule has 0 atom stereocenters. The second-order valence-corrected chi connectivity index (χ2v) is 6.44. The second kappa shape index (κ2) is 8.30. The molecule has 0 aliphatic heterocycles. The molecule has 0 radical (unpaired) electrons. The summed E-state index contributed by atoms with van der Waals surface area (Å²) < 4.78 is 0. The highest BCUT2D eigenvalue weighted by Crippen LogP contribution is 2.19. The molecular weight excluding hydrogens is 354 g/mol. The predicted molar refractivity (Wildman–Crippen MR) is 110 cm³/mol. The van der Waals surface area contributed by atoms with Gasteiger partial charge in [-0.15, -0.1) is 0 Å². The zero-order valence-electron chi connectivity index (χ0n) is 15.9. The van der Waals surface area contributed by atoms with Crippen LogP contribution >= 0.6 is 0 Å². The lowest BCUT2D eigenvalue weighted by Gasteiger charge is -2.10. The van der Waals surface area contributed by atoms with Crippen molar-refractivity contribution in [3.63, 3.8) is 0 Å².